The SMILES string of the molecule is C/C(=N/NC(=O)Cc1ccccc1)c1ccccc1O. The van der Waals surface area contributed by atoms with Gasteiger partial charge in [0, 0.05) is 5.56 Å². The Hall–Kier alpha value is -2.62. The molecule has 0 heterocycles. The average molecular weight is 268 g/mol. The second-order valence-electron chi connectivity index (χ2n) is 4.41. The number of phenols is 1. The molecule has 0 spiro atoms. The first kappa shape index (κ1) is 13.8. The van der Waals surface area contributed by atoms with Gasteiger partial charge >= 0.3 is 0 Å². The molecule has 0 aromatic heterocycles. The monoisotopic (exact) mass is 268 g/mol. The highest BCUT2D eigenvalue weighted by Gasteiger charge is 2.05. The molecule has 2 N–H and O–H groups in total. The van der Waals surface area contributed by atoms with Gasteiger partial charge in [-0.2, -0.15) is 5.10 Å². The topological polar surface area (TPSA) is 61.7 Å². The predicted octanol–water partition coefficient (Wildman–Crippen LogP) is 2.48. The fourth-order valence-electron chi connectivity index (χ4n) is 1.81. The fourth-order valence-corrected chi connectivity index (χ4v) is 1.81. The summed E-state index contributed by atoms with van der Waals surface area (Å²) in [5, 5.41) is 13.7. The van der Waals surface area contributed by atoms with Crippen LogP contribution in [0.3, 0.4) is 0 Å². The van der Waals surface area contributed by atoms with Crippen molar-refractivity contribution < 1.29 is 9.90 Å². The highest BCUT2D eigenvalue weighted by atomic mass is 16.3. The van der Waals surface area contributed by atoms with Crippen LogP contribution in [-0.2, 0) is 11.2 Å². The zero-order valence-corrected chi connectivity index (χ0v) is 11.2. The van der Waals surface area contributed by atoms with E-state index in [2.05, 4.69) is 10.5 Å². The molecule has 0 aliphatic rings. The lowest BCUT2D eigenvalue weighted by molar-refractivity contribution is -0.120. The number of aromatic hydroxyl groups is 1. The summed E-state index contributed by atoms with van der Waals surface area (Å²) < 4.78 is 0. The lowest BCUT2D eigenvalue weighted by Crippen LogP contribution is -2.21. The maximum atomic E-state index is 11.8. The van der Waals surface area contributed by atoms with Gasteiger partial charge in [0.1, 0.15) is 5.75 Å². The van der Waals surface area contributed by atoms with Crippen LogP contribution >= 0.6 is 0 Å². The highest BCUT2D eigenvalue weighted by molar-refractivity contribution is 6.01. The van der Waals surface area contributed by atoms with Gasteiger partial charge in [0.2, 0.25) is 5.91 Å². The van der Waals surface area contributed by atoms with Gasteiger partial charge in [0.05, 0.1) is 12.1 Å². The van der Waals surface area contributed by atoms with Crippen molar-refractivity contribution in [3.05, 3.63) is 65.7 Å². The Bertz CT molecular complexity index is 621. The van der Waals surface area contributed by atoms with E-state index < -0.39 is 0 Å². The summed E-state index contributed by atoms with van der Waals surface area (Å²) in [5.74, 6) is -0.0444. The number of phenolic OH excluding ortho intramolecular Hbond substituents is 1. The summed E-state index contributed by atoms with van der Waals surface area (Å²) in [7, 11) is 0. The number of hydrazone groups is 1. The Labute approximate surface area is 117 Å². The Morgan fingerprint density at radius 2 is 1.75 bits per heavy atom. The molecule has 0 unspecified atom stereocenters. The van der Waals surface area contributed by atoms with E-state index in [9.17, 15) is 9.90 Å². The van der Waals surface area contributed by atoms with Gasteiger partial charge in [-0.1, -0.05) is 42.5 Å². The minimum atomic E-state index is -0.189. The highest BCUT2D eigenvalue weighted by Crippen LogP contribution is 2.16. The Morgan fingerprint density at radius 1 is 1.10 bits per heavy atom. The van der Waals surface area contributed by atoms with Gasteiger partial charge in [-0.3, -0.25) is 4.79 Å². The van der Waals surface area contributed by atoms with E-state index in [1.165, 1.54) is 0 Å². The molecule has 102 valence electrons. The maximum Gasteiger partial charge on any atom is 0.244 e. The van der Waals surface area contributed by atoms with Crippen molar-refractivity contribution in [2.45, 2.75) is 13.3 Å². The van der Waals surface area contributed by atoms with Crippen LogP contribution in [0.15, 0.2) is 59.7 Å². The van der Waals surface area contributed by atoms with Crippen LogP contribution < -0.4 is 5.43 Å². The number of rotatable bonds is 4. The van der Waals surface area contributed by atoms with Gasteiger partial charge in [-0.25, -0.2) is 5.43 Å². The van der Waals surface area contributed by atoms with E-state index in [-0.39, 0.29) is 18.1 Å². The molecule has 0 saturated carbocycles. The van der Waals surface area contributed by atoms with Crippen LogP contribution in [0, 0.1) is 0 Å². The van der Waals surface area contributed by atoms with Crippen molar-refractivity contribution in [2.24, 2.45) is 5.10 Å². The number of amides is 1. The minimum absolute atomic E-state index is 0.144. The molecule has 0 aliphatic heterocycles. The van der Waals surface area contributed by atoms with E-state index in [1.807, 2.05) is 30.3 Å². The van der Waals surface area contributed by atoms with Gasteiger partial charge in [0.15, 0.2) is 0 Å². The molecule has 2 aromatic carbocycles. The zero-order chi connectivity index (χ0) is 14.4. The maximum absolute atomic E-state index is 11.8. The average Bonchev–Trinajstić information content (AvgIpc) is 2.46. The number of nitrogens with one attached hydrogen (secondary N) is 1. The molecule has 0 atom stereocenters. The largest absolute Gasteiger partial charge is 0.507 e. The molecule has 0 radical (unpaired) electrons. The molecule has 2 rings (SSSR count). The third-order valence-corrected chi connectivity index (χ3v) is 2.85. The molecule has 20 heavy (non-hydrogen) atoms. The van der Waals surface area contributed by atoms with Crippen molar-refractivity contribution >= 4 is 11.6 Å². The van der Waals surface area contributed by atoms with Crippen LogP contribution in [0.25, 0.3) is 0 Å². The van der Waals surface area contributed by atoms with Gasteiger partial charge in [-0.15, -0.1) is 0 Å². The molecule has 0 bridgehead atoms. The molecule has 1 amide bonds. The second-order valence-corrected chi connectivity index (χ2v) is 4.41. The lowest BCUT2D eigenvalue weighted by Gasteiger charge is -2.05. The number of para-hydroxylation sites is 1. The summed E-state index contributed by atoms with van der Waals surface area (Å²) in [5.41, 5.74) is 4.59. The Balaban J connectivity index is 1.99. The Morgan fingerprint density at radius 3 is 2.45 bits per heavy atom. The summed E-state index contributed by atoms with van der Waals surface area (Å²) in [6, 6.07) is 16.3. The van der Waals surface area contributed by atoms with Crippen LogP contribution in [0.4, 0.5) is 0 Å². The van der Waals surface area contributed by atoms with Crippen molar-refractivity contribution in [3.63, 3.8) is 0 Å². The van der Waals surface area contributed by atoms with Crippen LogP contribution in [0.5, 0.6) is 5.75 Å². The summed E-state index contributed by atoms with van der Waals surface area (Å²) in [6.07, 6.45) is 0.276. The zero-order valence-electron chi connectivity index (χ0n) is 11.2. The first-order valence-corrected chi connectivity index (χ1v) is 6.32. The predicted molar refractivity (Wildman–Crippen MR) is 78.6 cm³/mol. The van der Waals surface area contributed by atoms with E-state index in [0.29, 0.717) is 11.3 Å². The standard InChI is InChI=1S/C16H16N2O2/c1-12(14-9-5-6-10-15(14)19)17-18-16(20)11-13-7-3-2-4-8-13/h2-10,19H,11H2,1H3,(H,18,20)/b17-12-. The fraction of sp³-hybridized carbons (Fsp3) is 0.125. The van der Waals surface area contributed by atoms with Crippen LogP contribution in [-0.4, -0.2) is 16.7 Å². The first-order chi connectivity index (χ1) is 9.66. The molecule has 0 saturated heterocycles. The number of carbonyl (C=O) groups excluding carboxylic acids is 1. The van der Waals surface area contributed by atoms with Gasteiger partial charge in [0.25, 0.3) is 0 Å². The van der Waals surface area contributed by atoms with E-state index in [1.54, 1.807) is 31.2 Å². The molecule has 0 fully saturated rings. The first-order valence-electron chi connectivity index (χ1n) is 6.32. The number of hydrogen-bond donors (Lipinski definition) is 2. The summed E-state index contributed by atoms with van der Waals surface area (Å²) in [6.45, 7) is 1.73. The van der Waals surface area contributed by atoms with Crippen molar-refractivity contribution in [3.8, 4) is 5.75 Å². The molecular formula is C16H16N2O2. The molecule has 4 nitrogen and oxygen atoms in total. The van der Waals surface area contributed by atoms with Gasteiger partial charge < -0.3 is 5.11 Å². The summed E-state index contributed by atoms with van der Waals surface area (Å²) >= 11 is 0. The van der Waals surface area contributed by atoms with E-state index in [4.69, 9.17) is 0 Å². The molecule has 2 aromatic rings. The number of carbonyl (C=O) groups is 1. The number of benzene rings is 2. The van der Waals surface area contributed by atoms with Crippen LogP contribution in [0.1, 0.15) is 18.1 Å². The summed E-state index contributed by atoms with van der Waals surface area (Å²) in [4.78, 5) is 11.8. The smallest absolute Gasteiger partial charge is 0.244 e. The van der Waals surface area contributed by atoms with E-state index >= 15 is 0 Å². The Kier molecular flexibility index (Phi) is 4.50. The quantitative estimate of drug-likeness (QED) is 0.661. The second kappa shape index (κ2) is 6.52. The lowest BCUT2D eigenvalue weighted by atomic mass is 10.1. The number of nitrogens with zero attached hydrogens (tertiary/aromatic N) is 1. The van der Waals surface area contributed by atoms with E-state index in [0.717, 1.165) is 5.56 Å². The van der Waals surface area contributed by atoms with Crippen molar-refractivity contribution in [1.82, 2.24) is 5.43 Å². The van der Waals surface area contributed by atoms with Crippen molar-refractivity contribution in [1.29, 1.82) is 0 Å². The number of hydrogen-bond acceptors (Lipinski definition) is 3. The normalized spacial score (nSPS) is 11.2. The van der Waals surface area contributed by atoms with Crippen LogP contribution in [0.2, 0.25) is 0 Å². The third-order valence-electron chi connectivity index (χ3n) is 2.85. The molecule has 4 heteroatoms. The third kappa shape index (κ3) is 3.68. The molecule has 0 aliphatic carbocycles. The van der Waals surface area contributed by atoms with Gasteiger partial charge in [-0.05, 0) is 24.6 Å². The minimum Gasteiger partial charge on any atom is -0.507 e. The van der Waals surface area contributed by atoms with Crippen molar-refractivity contribution in [2.75, 3.05) is 0 Å². The molecular weight excluding hydrogens is 252 g/mol.